The maximum absolute atomic E-state index is 12.0. The standard InChI is InChI=1S/C22H18Cl2N2O3/c1-14-18(23)12-25-22(21(14)24)26-19(27)13-29-20(28)11-15-7-9-17(10-8-15)16-5-3-2-4-6-16/h2-10,12H,11,13H2,1H3,(H,25,26,27). The van der Waals surface area contributed by atoms with Crippen molar-refractivity contribution in [3.63, 3.8) is 0 Å². The summed E-state index contributed by atoms with van der Waals surface area (Å²) in [5.74, 6) is -0.862. The van der Waals surface area contributed by atoms with E-state index in [1.54, 1.807) is 6.92 Å². The topological polar surface area (TPSA) is 68.3 Å². The molecule has 0 bridgehead atoms. The molecule has 0 aliphatic rings. The van der Waals surface area contributed by atoms with E-state index in [1.807, 2.05) is 54.6 Å². The van der Waals surface area contributed by atoms with E-state index in [9.17, 15) is 9.59 Å². The van der Waals surface area contributed by atoms with Crippen LogP contribution < -0.4 is 5.32 Å². The first-order valence-corrected chi connectivity index (χ1v) is 9.60. The number of nitrogens with zero attached hydrogens (tertiary/aromatic N) is 1. The van der Waals surface area contributed by atoms with Gasteiger partial charge in [0, 0.05) is 6.20 Å². The number of anilines is 1. The van der Waals surface area contributed by atoms with Gasteiger partial charge in [-0.2, -0.15) is 0 Å². The Balaban J connectivity index is 1.51. The summed E-state index contributed by atoms with van der Waals surface area (Å²) in [6.07, 6.45) is 1.46. The summed E-state index contributed by atoms with van der Waals surface area (Å²) in [5, 5.41) is 3.15. The van der Waals surface area contributed by atoms with E-state index in [-0.39, 0.29) is 17.3 Å². The number of nitrogens with one attached hydrogen (secondary N) is 1. The molecule has 1 heterocycles. The van der Waals surface area contributed by atoms with Crippen LogP contribution in [0.4, 0.5) is 5.82 Å². The van der Waals surface area contributed by atoms with E-state index in [0.717, 1.165) is 16.7 Å². The average molecular weight is 429 g/mol. The van der Waals surface area contributed by atoms with Gasteiger partial charge >= 0.3 is 5.97 Å². The van der Waals surface area contributed by atoms with Gasteiger partial charge in [0.15, 0.2) is 12.4 Å². The molecule has 1 amide bonds. The lowest BCUT2D eigenvalue weighted by Gasteiger charge is -2.09. The fourth-order valence-electron chi connectivity index (χ4n) is 2.62. The number of rotatable bonds is 6. The minimum Gasteiger partial charge on any atom is -0.455 e. The number of aromatic nitrogens is 1. The molecular formula is C22H18Cl2N2O3. The highest BCUT2D eigenvalue weighted by atomic mass is 35.5. The number of hydrogen-bond acceptors (Lipinski definition) is 4. The largest absolute Gasteiger partial charge is 0.455 e. The number of carbonyl (C=O) groups is 2. The molecular weight excluding hydrogens is 411 g/mol. The molecule has 0 radical (unpaired) electrons. The van der Waals surface area contributed by atoms with Crippen molar-refractivity contribution in [2.24, 2.45) is 0 Å². The second-order valence-corrected chi connectivity index (χ2v) is 7.13. The molecule has 0 aliphatic heterocycles. The number of halogens is 2. The SMILES string of the molecule is Cc1c(Cl)cnc(NC(=O)COC(=O)Cc2ccc(-c3ccccc3)cc2)c1Cl. The van der Waals surface area contributed by atoms with Crippen molar-refractivity contribution < 1.29 is 14.3 Å². The van der Waals surface area contributed by atoms with Crippen LogP contribution in [0, 0.1) is 6.92 Å². The van der Waals surface area contributed by atoms with Crippen LogP contribution in [-0.2, 0) is 20.7 Å². The number of carbonyl (C=O) groups excluding carboxylic acids is 2. The first kappa shape index (κ1) is 20.8. The Labute approximate surface area is 178 Å². The molecule has 2 aromatic carbocycles. The third-order valence-electron chi connectivity index (χ3n) is 4.23. The molecule has 7 heteroatoms. The average Bonchev–Trinajstić information content (AvgIpc) is 2.74. The summed E-state index contributed by atoms with van der Waals surface area (Å²) in [4.78, 5) is 28.0. The van der Waals surface area contributed by atoms with Gasteiger partial charge in [0.05, 0.1) is 16.5 Å². The Kier molecular flexibility index (Phi) is 6.86. The molecule has 1 aromatic heterocycles. The summed E-state index contributed by atoms with van der Waals surface area (Å²) in [6.45, 7) is 1.28. The predicted molar refractivity (Wildman–Crippen MR) is 114 cm³/mol. The minimum absolute atomic E-state index is 0.0708. The first-order chi connectivity index (χ1) is 13.9. The summed E-state index contributed by atoms with van der Waals surface area (Å²) in [7, 11) is 0. The molecule has 3 aromatic rings. The maximum Gasteiger partial charge on any atom is 0.310 e. The van der Waals surface area contributed by atoms with Gasteiger partial charge in [-0.3, -0.25) is 9.59 Å². The van der Waals surface area contributed by atoms with Crippen molar-refractivity contribution in [3.8, 4) is 11.1 Å². The zero-order valence-corrected chi connectivity index (χ0v) is 17.1. The van der Waals surface area contributed by atoms with E-state index < -0.39 is 18.5 Å². The smallest absolute Gasteiger partial charge is 0.310 e. The summed E-state index contributed by atoms with van der Waals surface area (Å²) in [5.41, 5.74) is 3.57. The fraction of sp³-hybridized carbons (Fsp3) is 0.136. The summed E-state index contributed by atoms with van der Waals surface area (Å²) in [6, 6.07) is 17.6. The van der Waals surface area contributed by atoms with Crippen LogP contribution in [0.3, 0.4) is 0 Å². The molecule has 148 valence electrons. The van der Waals surface area contributed by atoms with Crippen molar-refractivity contribution in [2.75, 3.05) is 11.9 Å². The zero-order chi connectivity index (χ0) is 20.8. The summed E-state index contributed by atoms with van der Waals surface area (Å²) >= 11 is 12.0. The Hall–Kier alpha value is -2.89. The number of esters is 1. The van der Waals surface area contributed by atoms with Gasteiger partial charge in [0.25, 0.3) is 5.91 Å². The number of benzene rings is 2. The third kappa shape index (κ3) is 5.56. The van der Waals surface area contributed by atoms with Crippen molar-refractivity contribution >= 4 is 40.9 Å². The maximum atomic E-state index is 12.0. The Bertz CT molecular complexity index is 1020. The molecule has 1 N–H and O–H groups in total. The van der Waals surface area contributed by atoms with Crippen LogP contribution in [0.25, 0.3) is 11.1 Å². The lowest BCUT2D eigenvalue weighted by atomic mass is 10.0. The van der Waals surface area contributed by atoms with Crippen molar-refractivity contribution in [2.45, 2.75) is 13.3 Å². The van der Waals surface area contributed by atoms with Crippen LogP contribution in [0.1, 0.15) is 11.1 Å². The van der Waals surface area contributed by atoms with E-state index >= 15 is 0 Å². The molecule has 0 fully saturated rings. The molecule has 0 unspecified atom stereocenters. The van der Waals surface area contributed by atoms with Crippen molar-refractivity contribution in [1.29, 1.82) is 0 Å². The lowest BCUT2D eigenvalue weighted by molar-refractivity contribution is -0.146. The van der Waals surface area contributed by atoms with E-state index in [4.69, 9.17) is 27.9 Å². The molecule has 0 atom stereocenters. The predicted octanol–water partition coefficient (Wildman–Crippen LogP) is 5.09. The lowest BCUT2D eigenvalue weighted by Crippen LogP contribution is -2.22. The second kappa shape index (κ2) is 9.54. The molecule has 0 saturated heterocycles. The fourth-order valence-corrected chi connectivity index (χ4v) is 3.01. The molecule has 5 nitrogen and oxygen atoms in total. The molecule has 3 rings (SSSR count). The monoisotopic (exact) mass is 428 g/mol. The quantitative estimate of drug-likeness (QED) is 0.555. The van der Waals surface area contributed by atoms with Gasteiger partial charge in [-0.25, -0.2) is 4.98 Å². The Morgan fingerprint density at radius 2 is 1.66 bits per heavy atom. The first-order valence-electron chi connectivity index (χ1n) is 8.84. The van der Waals surface area contributed by atoms with Crippen LogP contribution in [0.15, 0.2) is 60.8 Å². The molecule has 0 aliphatic carbocycles. The van der Waals surface area contributed by atoms with Crippen LogP contribution >= 0.6 is 23.2 Å². The molecule has 29 heavy (non-hydrogen) atoms. The van der Waals surface area contributed by atoms with E-state index in [1.165, 1.54) is 6.20 Å². The zero-order valence-electron chi connectivity index (χ0n) is 15.6. The molecule has 0 spiro atoms. The Morgan fingerprint density at radius 3 is 2.34 bits per heavy atom. The number of ether oxygens (including phenoxy) is 1. The van der Waals surface area contributed by atoms with E-state index in [0.29, 0.717) is 10.6 Å². The highest BCUT2D eigenvalue weighted by molar-refractivity contribution is 6.37. The number of amides is 1. The van der Waals surface area contributed by atoms with Gasteiger partial charge in [-0.15, -0.1) is 0 Å². The number of pyridine rings is 1. The second-order valence-electron chi connectivity index (χ2n) is 6.34. The van der Waals surface area contributed by atoms with Crippen LogP contribution in [-0.4, -0.2) is 23.5 Å². The van der Waals surface area contributed by atoms with Gasteiger partial charge in [0.1, 0.15) is 0 Å². The highest BCUT2D eigenvalue weighted by Gasteiger charge is 2.13. The normalized spacial score (nSPS) is 10.4. The van der Waals surface area contributed by atoms with Gasteiger partial charge < -0.3 is 10.1 Å². The van der Waals surface area contributed by atoms with Gasteiger partial charge in [-0.1, -0.05) is 77.8 Å². The van der Waals surface area contributed by atoms with Gasteiger partial charge in [0.2, 0.25) is 0 Å². The third-order valence-corrected chi connectivity index (χ3v) is 5.08. The van der Waals surface area contributed by atoms with Crippen molar-refractivity contribution in [1.82, 2.24) is 4.98 Å². The van der Waals surface area contributed by atoms with Crippen LogP contribution in [0.2, 0.25) is 10.0 Å². The van der Waals surface area contributed by atoms with Gasteiger partial charge in [-0.05, 0) is 29.2 Å². The highest BCUT2D eigenvalue weighted by Crippen LogP contribution is 2.28. The summed E-state index contributed by atoms with van der Waals surface area (Å²) < 4.78 is 5.04. The van der Waals surface area contributed by atoms with Crippen LogP contribution in [0.5, 0.6) is 0 Å². The minimum atomic E-state index is -0.533. The Morgan fingerprint density at radius 1 is 1.00 bits per heavy atom. The molecule has 0 saturated carbocycles. The van der Waals surface area contributed by atoms with E-state index in [2.05, 4.69) is 10.3 Å². The van der Waals surface area contributed by atoms with Crippen molar-refractivity contribution in [3.05, 3.63) is 82.0 Å². The number of hydrogen-bond donors (Lipinski definition) is 1.